The summed E-state index contributed by atoms with van der Waals surface area (Å²) < 4.78 is 61.7. The summed E-state index contributed by atoms with van der Waals surface area (Å²) in [4.78, 5) is 13.6. The number of nitrogens with one attached hydrogen (secondary N) is 3. The van der Waals surface area contributed by atoms with E-state index >= 15 is 0 Å². The van der Waals surface area contributed by atoms with E-state index in [0.717, 1.165) is 18.5 Å². The fraction of sp³-hybridized carbons (Fsp3) is 0.250. The van der Waals surface area contributed by atoms with Crippen LogP contribution in [-0.2, 0) is 16.2 Å². The molecule has 1 heterocycles. The first-order valence-electron chi connectivity index (χ1n) is 6.32. The zero-order valence-electron chi connectivity index (χ0n) is 12.2. The normalized spacial score (nSPS) is 18.0. The van der Waals surface area contributed by atoms with E-state index < -0.39 is 39.7 Å². The number of hydrazine groups is 1. The molecule has 1 aromatic carbocycles. The van der Waals surface area contributed by atoms with Gasteiger partial charge in [0, 0.05) is 5.56 Å². The molecule has 0 radical (unpaired) electrons. The van der Waals surface area contributed by atoms with Gasteiger partial charge in [-0.2, -0.15) is 13.2 Å². The molecule has 1 aliphatic heterocycles. The summed E-state index contributed by atoms with van der Waals surface area (Å²) in [6.07, 6.45) is -4.79. The minimum Gasteiger partial charge on any atom is -0.368 e. The Labute approximate surface area is 135 Å². The van der Waals surface area contributed by atoms with Crippen molar-refractivity contribution in [3.63, 3.8) is 0 Å². The molecular weight excluding hydrogens is 353 g/mol. The molecule has 1 unspecified atom stereocenters. The van der Waals surface area contributed by atoms with E-state index in [1.54, 1.807) is 4.83 Å². The van der Waals surface area contributed by atoms with E-state index in [4.69, 9.17) is 0 Å². The molecular formula is C12H13F3N4O4S. The lowest BCUT2D eigenvalue weighted by Gasteiger charge is -2.34. The number of halogens is 3. The van der Waals surface area contributed by atoms with Crippen LogP contribution >= 0.6 is 0 Å². The highest BCUT2D eigenvalue weighted by atomic mass is 32.2. The van der Waals surface area contributed by atoms with Crippen molar-refractivity contribution in [1.82, 2.24) is 9.84 Å². The number of benzene rings is 1. The van der Waals surface area contributed by atoms with Gasteiger partial charge >= 0.3 is 12.2 Å². The second-order valence-electron chi connectivity index (χ2n) is 4.87. The second kappa shape index (κ2) is 5.96. The zero-order valence-corrected chi connectivity index (χ0v) is 13.0. The number of alkyl halides is 3. The quantitative estimate of drug-likeness (QED) is 0.646. The van der Waals surface area contributed by atoms with Crippen molar-refractivity contribution >= 4 is 27.4 Å². The van der Waals surface area contributed by atoms with Crippen LogP contribution in [0, 0.1) is 0 Å². The van der Waals surface area contributed by atoms with Gasteiger partial charge in [0.05, 0.1) is 23.2 Å². The van der Waals surface area contributed by atoms with Crippen molar-refractivity contribution in [3.8, 4) is 0 Å². The van der Waals surface area contributed by atoms with E-state index in [9.17, 15) is 31.5 Å². The Morgan fingerprint density at radius 2 is 2.04 bits per heavy atom. The molecule has 0 aromatic heterocycles. The Morgan fingerprint density at radius 1 is 1.42 bits per heavy atom. The standard InChI is InChI=1S/C12H13F3N4O4S/c1-3-16-9-4-6-8(5-7(9)12(13,14)15)17-11(21)19(10(6)20)18-24(2,22)23/h3-5,10,16,18,20H,1H2,2H3,(H,17,21). The summed E-state index contributed by atoms with van der Waals surface area (Å²) in [6.45, 7) is 3.27. The largest absolute Gasteiger partial charge is 0.418 e. The fourth-order valence-corrected chi connectivity index (χ4v) is 2.64. The number of rotatable bonds is 4. The Kier molecular flexibility index (Phi) is 4.48. The third-order valence-corrected chi connectivity index (χ3v) is 3.53. The number of aliphatic hydroxyl groups is 1. The van der Waals surface area contributed by atoms with Crippen LogP contribution < -0.4 is 15.5 Å². The molecule has 1 aliphatic rings. The molecule has 4 N–H and O–H groups in total. The molecule has 1 atom stereocenters. The lowest BCUT2D eigenvalue weighted by molar-refractivity contribution is -0.136. The predicted octanol–water partition coefficient (Wildman–Crippen LogP) is 1.56. The first-order chi connectivity index (χ1) is 10.9. The molecule has 0 bridgehead atoms. The number of hydrogen-bond donors (Lipinski definition) is 4. The smallest absolute Gasteiger partial charge is 0.368 e. The maximum Gasteiger partial charge on any atom is 0.418 e. The number of carbonyl (C=O) groups excluding carboxylic acids is 1. The minimum atomic E-state index is -4.72. The molecule has 12 heteroatoms. The highest BCUT2D eigenvalue weighted by Gasteiger charge is 2.39. The lowest BCUT2D eigenvalue weighted by Crippen LogP contribution is -2.52. The van der Waals surface area contributed by atoms with E-state index in [1.165, 1.54) is 0 Å². The number of fused-ring (bicyclic) bond motifs is 1. The van der Waals surface area contributed by atoms with Gasteiger partial charge < -0.3 is 15.7 Å². The fourth-order valence-electron chi connectivity index (χ4n) is 2.10. The number of aliphatic hydroxyl groups excluding tert-OH is 1. The van der Waals surface area contributed by atoms with Crippen LogP contribution in [0.1, 0.15) is 17.4 Å². The van der Waals surface area contributed by atoms with Crippen LogP contribution in [0.15, 0.2) is 24.9 Å². The third-order valence-electron chi connectivity index (χ3n) is 3.00. The van der Waals surface area contributed by atoms with Crippen molar-refractivity contribution in [2.75, 3.05) is 16.9 Å². The van der Waals surface area contributed by atoms with E-state index in [1.807, 2.05) is 0 Å². The summed E-state index contributed by atoms with van der Waals surface area (Å²) in [5.41, 5.74) is -1.92. The molecule has 0 fully saturated rings. The Bertz CT molecular complexity index is 794. The maximum atomic E-state index is 13.1. The molecule has 0 saturated carbocycles. The van der Waals surface area contributed by atoms with Crippen LogP contribution in [-0.4, -0.2) is 30.8 Å². The molecule has 1 aromatic rings. The Balaban J connectivity index is 2.55. The molecule has 0 aliphatic carbocycles. The van der Waals surface area contributed by atoms with Crippen molar-refractivity contribution in [2.45, 2.75) is 12.4 Å². The van der Waals surface area contributed by atoms with E-state index in [-0.39, 0.29) is 11.3 Å². The molecule has 8 nitrogen and oxygen atoms in total. The average Bonchev–Trinajstić information content (AvgIpc) is 2.42. The number of amides is 2. The average molecular weight is 366 g/mol. The lowest BCUT2D eigenvalue weighted by atomic mass is 10.0. The summed E-state index contributed by atoms with van der Waals surface area (Å²) in [5.74, 6) is 0. The third kappa shape index (κ3) is 3.60. The van der Waals surface area contributed by atoms with Crippen LogP contribution in [0.4, 0.5) is 29.3 Å². The summed E-state index contributed by atoms with van der Waals surface area (Å²) in [5, 5.41) is 14.9. The number of sulfonamides is 1. The zero-order chi connectivity index (χ0) is 18.3. The summed E-state index contributed by atoms with van der Waals surface area (Å²) in [6, 6.07) is 0.457. The van der Waals surface area contributed by atoms with Gasteiger partial charge in [-0.3, -0.25) is 0 Å². The topological polar surface area (TPSA) is 111 Å². The van der Waals surface area contributed by atoms with Gasteiger partial charge in [-0.15, -0.1) is 4.83 Å². The maximum absolute atomic E-state index is 13.1. The highest BCUT2D eigenvalue weighted by Crippen LogP contribution is 2.41. The first-order valence-corrected chi connectivity index (χ1v) is 8.21. The van der Waals surface area contributed by atoms with Gasteiger partial charge in [0.2, 0.25) is 10.0 Å². The second-order valence-corrected chi connectivity index (χ2v) is 6.60. The van der Waals surface area contributed by atoms with E-state index in [2.05, 4.69) is 17.2 Å². The van der Waals surface area contributed by atoms with Gasteiger partial charge in [-0.1, -0.05) is 6.58 Å². The molecule has 132 valence electrons. The van der Waals surface area contributed by atoms with Crippen molar-refractivity contribution in [2.24, 2.45) is 0 Å². The first kappa shape index (κ1) is 18.0. The minimum absolute atomic E-state index is 0.136. The highest BCUT2D eigenvalue weighted by molar-refractivity contribution is 7.88. The van der Waals surface area contributed by atoms with Gasteiger partial charge in [0.1, 0.15) is 0 Å². The molecule has 0 spiro atoms. The van der Waals surface area contributed by atoms with Gasteiger partial charge in [0.25, 0.3) is 0 Å². The number of anilines is 2. The number of carbonyl (C=O) groups is 1. The Morgan fingerprint density at radius 3 is 2.54 bits per heavy atom. The van der Waals surface area contributed by atoms with Crippen LogP contribution in [0.25, 0.3) is 0 Å². The molecule has 24 heavy (non-hydrogen) atoms. The van der Waals surface area contributed by atoms with Crippen molar-refractivity contribution in [1.29, 1.82) is 0 Å². The van der Waals surface area contributed by atoms with Crippen LogP contribution in [0.2, 0.25) is 0 Å². The van der Waals surface area contributed by atoms with Gasteiger partial charge in [0.15, 0.2) is 6.23 Å². The predicted molar refractivity (Wildman–Crippen MR) is 79.1 cm³/mol. The van der Waals surface area contributed by atoms with Crippen LogP contribution in [0.5, 0.6) is 0 Å². The number of hydrogen-bond acceptors (Lipinski definition) is 5. The SMILES string of the molecule is C=CNc1cc2c(cc1C(F)(F)F)NC(=O)N(NS(C)(=O)=O)C2O. The van der Waals surface area contributed by atoms with Crippen molar-refractivity contribution in [3.05, 3.63) is 36.0 Å². The number of nitrogens with zero attached hydrogens (tertiary/aromatic N) is 1. The monoisotopic (exact) mass is 366 g/mol. The van der Waals surface area contributed by atoms with Crippen LogP contribution in [0.3, 0.4) is 0 Å². The molecule has 2 amide bonds. The Hall–Kier alpha value is -2.31. The number of urea groups is 1. The molecule has 0 saturated heterocycles. The molecule has 2 rings (SSSR count). The summed E-state index contributed by atoms with van der Waals surface area (Å²) in [7, 11) is -3.90. The summed E-state index contributed by atoms with van der Waals surface area (Å²) >= 11 is 0. The van der Waals surface area contributed by atoms with Crippen molar-refractivity contribution < 1.29 is 31.5 Å². The van der Waals surface area contributed by atoms with E-state index in [0.29, 0.717) is 11.1 Å². The van der Waals surface area contributed by atoms with Gasteiger partial charge in [-0.05, 0) is 18.3 Å². The van der Waals surface area contributed by atoms with Gasteiger partial charge in [-0.25, -0.2) is 18.2 Å².